The average Bonchev–Trinajstić information content (AvgIpc) is 2.58. The molecule has 0 fully saturated rings. The van der Waals surface area contributed by atoms with Crippen LogP contribution in [0.2, 0.25) is 0 Å². The van der Waals surface area contributed by atoms with E-state index in [-0.39, 0.29) is 5.75 Å². The van der Waals surface area contributed by atoms with Crippen LogP contribution in [-0.4, -0.2) is 15.0 Å². The molecule has 0 spiro atoms. The van der Waals surface area contributed by atoms with Crippen LogP contribution >= 0.6 is 0 Å². The smallest absolute Gasteiger partial charge is 0.357 e. The van der Waals surface area contributed by atoms with Gasteiger partial charge in [0.15, 0.2) is 5.75 Å². The molecule has 3 aromatic rings. The molecular weight excluding hydrogens is 326 g/mol. The summed E-state index contributed by atoms with van der Waals surface area (Å²) in [5.74, 6) is 0.256. The van der Waals surface area contributed by atoms with Crippen LogP contribution in [0.3, 0.4) is 0 Å². The second-order valence-corrected chi connectivity index (χ2v) is 5.93. The van der Waals surface area contributed by atoms with Crippen LogP contribution in [0.25, 0.3) is 10.8 Å². The third-order valence-electron chi connectivity index (χ3n) is 3.62. The first-order valence-electron chi connectivity index (χ1n) is 7.21. The Balaban J connectivity index is 2.10. The van der Waals surface area contributed by atoms with Crippen LogP contribution in [0.4, 0.5) is 11.4 Å². The Bertz CT molecular complexity index is 922. The minimum absolute atomic E-state index is 0.256. The van der Waals surface area contributed by atoms with Crippen molar-refractivity contribution in [3.05, 3.63) is 65.7 Å². The number of carbonyl (C=O) groups excluding carboxylic acids is 1. The summed E-state index contributed by atoms with van der Waals surface area (Å²) in [4.78, 5) is 10.9. The summed E-state index contributed by atoms with van der Waals surface area (Å²) in [5, 5.41) is 4.57. The van der Waals surface area contributed by atoms with Gasteiger partial charge in [-0.3, -0.25) is 9.35 Å². The SMILES string of the molecule is Cc1ccc(Nc2ccc3cc(C=O)ccc3c2OS(=O)O)cc1. The topological polar surface area (TPSA) is 75.6 Å². The van der Waals surface area contributed by atoms with Crippen LogP contribution in [0.1, 0.15) is 15.9 Å². The molecular formula is C18H15NO4S. The molecule has 6 heteroatoms. The number of benzene rings is 3. The molecule has 1 unspecified atom stereocenters. The molecule has 3 aromatic carbocycles. The minimum atomic E-state index is -2.46. The lowest BCUT2D eigenvalue weighted by Crippen LogP contribution is -2.02. The molecule has 2 N–H and O–H groups in total. The Morgan fingerprint density at radius 1 is 1.08 bits per heavy atom. The van der Waals surface area contributed by atoms with Gasteiger partial charge in [0.05, 0.1) is 5.69 Å². The van der Waals surface area contributed by atoms with Crippen molar-refractivity contribution < 1.29 is 17.7 Å². The number of hydrogen-bond donors (Lipinski definition) is 2. The highest BCUT2D eigenvalue weighted by molar-refractivity contribution is 7.74. The van der Waals surface area contributed by atoms with E-state index in [0.29, 0.717) is 16.6 Å². The predicted octanol–water partition coefficient (Wildman–Crippen LogP) is 4.22. The number of aryl methyl sites for hydroxylation is 1. The van der Waals surface area contributed by atoms with E-state index in [4.69, 9.17) is 8.74 Å². The molecule has 5 nitrogen and oxygen atoms in total. The third-order valence-corrected chi connectivity index (χ3v) is 3.92. The monoisotopic (exact) mass is 341 g/mol. The van der Waals surface area contributed by atoms with Crippen molar-refractivity contribution in [3.63, 3.8) is 0 Å². The Labute approximate surface area is 141 Å². The summed E-state index contributed by atoms with van der Waals surface area (Å²) in [7, 11) is 0. The average molecular weight is 341 g/mol. The van der Waals surface area contributed by atoms with Crippen LogP contribution in [0.5, 0.6) is 5.75 Å². The van der Waals surface area contributed by atoms with Gasteiger partial charge >= 0.3 is 11.4 Å². The van der Waals surface area contributed by atoms with Crippen molar-refractivity contribution >= 4 is 39.8 Å². The number of fused-ring (bicyclic) bond motifs is 1. The first-order chi connectivity index (χ1) is 11.6. The van der Waals surface area contributed by atoms with Crippen LogP contribution in [0, 0.1) is 6.92 Å². The maximum atomic E-state index is 11.2. The van der Waals surface area contributed by atoms with E-state index in [2.05, 4.69) is 5.32 Å². The third kappa shape index (κ3) is 3.45. The molecule has 0 amide bonds. The van der Waals surface area contributed by atoms with Gasteiger partial charge in [-0.1, -0.05) is 29.8 Å². The Hall–Kier alpha value is -2.70. The van der Waals surface area contributed by atoms with Crippen molar-refractivity contribution in [1.29, 1.82) is 0 Å². The quantitative estimate of drug-likeness (QED) is 0.537. The highest BCUT2D eigenvalue weighted by atomic mass is 32.2. The fourth-order valence-corrected chi connectivity index (χ4v) is 2.77. The molecule has 0 bridgehead atoms. The summed E-state index contributed by atoms with van der Waals surface area (Å²) in [6.07, 6.45) is 0.753. The maximum absolute atomic E-state index is 11.2. The van der Waals surface area contributed by atoms with Gasteiger partial charge in [0.25, 0.3) is 0 Å². The zero-order valence-electron chi connectivity index (χ0n) is 12.9. The van der Waals surface area contributed by atoms with Crippen molar-refractivity contribution in [1.82, 2.24) is 0 Å². The Morgan fingerprint density at radius 2 is 1.83 bits per heavy atom. The molecule has 0 aliphatic heterocycles. The van der Waals surface area contributed by atoms with E-state index in [9.17, 15) is 9.00 Å². The van der Waals surface area contributed by atoms with Crippen LogP contribution in [0.15, 0.2) is 54.6 Å². The minimum Gasteiger partial charge on any atom is -0.377 e. The van der Waals surface area contributed by atoms with Gasteiger partial charge in [-0.05, 0) is 42.6 Å². The molecule has 0 saturated heterocycles. The van der Waals surface area contributed by atoms with E-state index >= 15 is 0 Å². The number of carbonyl (C=O) groups is 1. The van der Waals surface area contributed by atoms with Crippen molar-refractivity contribution in [2.75, 3.05) is 5.32 Å². The van der Waals surface area contributed by atoms with Gasteiger partial charge in [-0.25, -0.2) is 0 Å². The number of rotatable bonds is 5. The number of hydrogen-bond acceptors (Lipinski definition) is 4. The van der Waals surface area contributed by atoms with E-state index in [0.717, 1.165) is 22.9 Å². The summed E-state index contributed by atoms with van der Waals surface area (Å²) in [6, 6.07) is 16.4. The molecule has 0 aliphatic carbocycles. The molecule has 24 heavy (non-hydrogen) atoms. The largest absolute Gasteiger partial charge is 0.377 e. The highest BCUT2D eigenvalue weighted by Gasteiger charge is 2.13. The normalized spacial score (nSPS) is 11.9. The highest BCUT2D eigenvalue weighted by Crippen LogP contribution is 2.36. The summed E-state index contributed by atoms with van der Waals surface area (Å²) in [5.41, 5.74) is 3.05. The molecule has 0 radical (unpaired) electrons. The van der Waals surface area contributed by atoms with E-state index in [1.54, 1.807) is 24.3 Å². The van der Waals surface area contributed by atoms with Gasteiger partial charge in [-0.15, -0.1) is 0 Å². The lowest BCUT2D eigenvalue weighted by Gasteiger charge is -2.14. The first kappa shape index (κ1) is 16.2. The number of nitrogens with one attached hydrogen (secondary N) is 1. The molecule has 3 rings (SSSR count). The molecule has 0 saturated carbocycles. The van der Waals surface area contributed by atoms with E-state index in [1.807, 2.05) is 37.3 Å². The number of anilines is 2. The van der Waals surface area contributed by atoms with Crippen molar-refractivity contribution in [3.8, 4) is 5.75 Å². The second kappa shape index (κ2) is 6.82. The Morgan fingerprint density at radius 3 is 2.50 bits per heavy atom. The lowest BCUT2D eigenvalue weighted by atomic mass is 10.1. The second-order valence-electron chi connectivity index (χ2n) is 5.33. The van der Waals surface area contributed by atoms with Crippen LogP contribution in [-0.2, 0) is 11.4 Å². The van der Waals surface area contributed by atoms with Crippen molar-refractivity contribution in [2.45, 2.75) is 6.92 Å². The molecule has 1 atom stereocenters. The molecule has 0 aliphatic rings. The van der Waals surface area contributed by atoms with Gasteiger partial charge in [0.1, 0.15) is 6.29 Å². The van der Waals surface area contributed by atoms with Crippen LogP contribution < -0.4 is 9.50 Å². The first-order valence-corrected chi connectivity index (χ1v) is 8.25. The van der Waals surface area contributed by atoms with Gasteiger partial charge < -0.3 is 9.50 Å². The van der Waals surface area contributed by atoms with Crippen molar-refractivity contribution in [2.24, 2.45) is 0 Å². The van der Waals surface area contributed by atoms with Gasteiger partial charge in [0.2, 0.25) is 0 Å². The predicted molar refractivity (Wildman–Crippen MR) is 95.2 cm³/mol. The summed E-state index contributed by atoms with van der Waals surface area (Å²) < 4.78 is 25.5. The lowest BCUT2D eigenvalue weighted by molar-refractivity contribution is 0.112. The van der Waals surface area contributed by atoms with E-state index < -0.39 is 11.4 Å². The molecule has 0 heterocycles. The summed E-state index contributed by atoms with van der Waals surface area (Å²) >= 11 is -2.46. The zero-order chi connectivity index (χ0) is 17.1. The summed E-state index contributed by atoms with van der Waals surface area (Å²) in [6.45, 7) is 1.99. The number of aldehydes is 1. The fraction of sp³-hybridized carbons (Fsp3) is 0.0556. The fourth-order valence-electron chi connectivity index (χ4n) is 2.44. The maximum Gasteiger partial charge on any atom is 0.357 e. The van der Waals surface area contributed by atoms with E-state index in [1.165, 1.54) is 0 Å². The zero-order valence-corrected chi connectivity index (χ0v) is 13.7. The van der Waals surface area contributed by atoms with Gasteiger partial charge in [-0.2, -0.15) is 4.21 Å². The van der Waals surface area contributed by atoms with Gasteiger partial charge in [0, 0.05) is 16.6 Å². The molecule has 122 valence electrons. The standard InChI is InChI=1S/C18H15NO4S/c1-12-2-6-15(7-3-12)19-17-9-5-14-10-13(11-20)4-8-16(14)18(17)23-24(21)22/h2-11,19H,1H3,(H,21,22). The molecule has 0 aromatic heterocycles. The Kier molecular flexibility index (Phi) is 4.59.